The van der Waals surface area contributed by atoms with Gasteiger partial charge in [0.1, 0.15) is 0 Å². The highest BCUT2D eigenvalue weighted by Gasteiger charge is 2.17. The van der Waals surface area contributed by atoms with Crippen molar-refractivity contribution in [3.8, 4) is 50.6 Å². The third kappa shape index (κ3) is 4.63. The zero-order valence-corrected chi connectivity index (χ0v) is 26.2. The molecule has 222 valence electrons. The highest BCUT2D eigenvalue weighted by atomic mass is 14.2. The number of hydrogen-bond acceptors (Lipinski definition) is 1. The molecule has 0 radical (unpaired) electrons. The SMILES string of the molecule is N#Cc1cccc(-c2ccc3cc(-c4c5ccccc5c(-c5ccc(-c6cccc7ccccc67)cc5)c5ccccc45)ccc3c2)c1. The fourth-order valence-corrected chi connectivity index (χ4v) is 7.39. The number of nitrogens with zero attached hydrogens (tertiary/aromatic N) is 1. The molecule has 0 N–H and O–H groups in total. The Bertz CT molecular complexity index is 2660. The van der Waals surface area contributed by atoms with Crippen molar-refractivity contribution < 1.29 is 0 Å². The summed E-state index contributed by atoms with van der Waals surface area (Å²) in [7, 11) is 0. The lowest BCUT2D eigenvalue weighted by Crippen LogP contribution is -1.91. The van der Waals surface area contributed by atoms with E-state index in [0.717, 1.165) is 11.1 Å². The van der Waals surface area contributed by atoms with E-state index in [1.54, 1.807) is 0 Å². The van der Waals surface area contributed by atoms with Crippen LogP contribution in [0.25, 0.3) is 87.6 Å². The Kier molecular flexibility index (Phi) is 6.59. The lowest BCUT2D eigenvalue weighted by atomic mass is 9.85. The Hall–Kier alpha value is -6.49. The van der Waals surface area contributed by atoms with Crippen molar-refractivity contribution >= 4 is 43.1 Å². The summed E-state index contributed by atoms with van der Waals surface area (Å²) in [4.78, 5) is 0. The van der Waals surface area contributed by atoms with Crippen molar-refractivity contribution in [1.29, 1.82) is 5.26 Å². The first-order valence-electron chi connectivity index (χ1n) is 16.3. The van der Waals surface area contributed by atoms with E-state index in [-0.39, 0.29) is 0 Å². The molecule has 1 heteroatoms. The molecule has 0 heterocycles. The second kappa shape index (κ2) is 11.4. The summed E-state index contributed by atoms with van der Waals surface area (Å²) in [5.41, 5.74) is 10.2. The van der Waals surface area contributed by atoms with Gasteiger partial charge in [-0.15, -0.1) is 0 Å². The van der Waals surface area contributed by atoms with Crippen LogP contribution in [-0.4, -0.2) is 0 Å². The summed E-state index contributed by atoms with van der Waals surface area (Å²) in [5, 5.41) is 19.3. The zero-order valence-electron chi connectivity index (χ0n) is 26.2. The second-order valence-corrected chi connectivity index (χ2v) is 12.4. The molecule has 0 fully saturated rings. The van der Waals surface area contributed by atoms with Gasteiger partial charge >= 0.3 is 0 Å². The van der Waals surface area contributed by atoms with Crippen molar-refractivity contribution in [2.45, 2.75) is 0 Å². The molecule has 0 unspecified atom stereocenters. The summed E-state index contributed by atoms with van der Waals surface area (Å²) >= 11 is 0. The van der Waals surface area contributed by atoms with Crippen LogP contribution in [-0.2, 0) is 0 Å². The third-order valence-electron chi connectivity index (χ3n) is 9.66. The number of hydrogen-bond donors (Lipinski definition) is 0. The lowest BCUT2D eigenvalue weighted by Gasteiger charge is -2.18. The van der Waals surface area contributed by atoms with E-state index in [4.69, 9.17) is 0 Å². The van der Waals surface area contributed by atoms with Gasteiger partial charge in [-0.1, -0.05) is 152 Å². The first-order chi connectivity index (χ1) is 23.7. The number of benzene rings is 9. The van der Waals surface area contributed by atoms with E-state index in [9.17, 15) is 5.26 Å². The summed E-state index contributed by atoms with van der Waals surface area (Å²) in [6.45, 7) is 0. The molecule has 0 aliphatic heterocycles. The Morgan fingerprint density at radius 2 is 0.792 bits per heavy atom. The molecule has 0 amide bonds. The standard InChI is InChI=1S/C47H29N/c48-30-31-9-7-12-35(27-31)36-23-24-38-29-39(26-25-37(38)28-36)47-44-16-5-3-14-42(44)46(43-15-4-6-17-45(43)47)34-21-19-33(20-22-34)41-18-8-11-32-10-1-2-13-40(32)41/h1-29H. The Balaban J connectivity index is 1.19. The van der Waals surface area contributed by atoms with Crippen LogP contribution in [0, 0.1) is 11.3 Å². The predicted molar refractivity (Wildman–Crippen MR) is 203 cm³/mol. The largest absolute Gasteiger partial charge is 0.192 e. The van der Waals surface area contributed by atoms with Crippen LogP contribution in [0.1, 0.15) is 5.56 Å². The minimum absolute atomic E-state index is 0.672. The van der Waals surface area contributed by atoms with Crippen LogP contribution in [0.15, 0.2) is 176 Å². The first-order valence-corrected chi connectivity index (χ1v) is 16.3. The molecule has 0 aliphatic rings. The fraction of sp³-hybridized carbons (Fsp3) is 0. The third-order valence-corrected chi connectivity index (χ3v) is 9.66. The van der Waals surface area contributed by atoms with Gasteiger partial charge in [0, 0.05) is 0 Å². The summed E-state index contributed by atoms with van der Waals surface area (Å²) in [6, 6.07) is 65.3. The molecule has 9 aromatic carbocycles. The maximum atomic E-state index is 9.39. The minimum atomic E-state index is 0.672. The molecular weight excluding hydrogens is 579 g/mol. The molecule has 0 saturated carbocycles. The predicted octanol–water partition coefficient (Wildman–Crippen LogP) is 12.8. The van der Waals surface area contributed by atoms with Gasteiger partial charge < -0.3 is 0 Å². The van der Waals surface area contributed by atoms with Crippen LogP contribution < -0.4 is 0 Å². The maximum absolute atomic E-state index is 9.39. The fourth-order valence-electron chi connectivity index (χ4n) is 7.39. The van der Waals surface area contributed by atoms with Crippen molar-refractivity contribution in [3.05, 3.63) is 181 Å². The van der Waals surface area contributed by atoms with Crippen molar-refractivity contribution in [2.24, 2.45) is 0 Å². The molecule has 9 rings (SSSR count). The van der Waals surface area contributed by atoms with Gasteiger partial charge in [0.2, 0.25) is 0 Å². The van der Waals surface area contributed by atoms with E-state index in [2.05, 4.69) is 164 Å². The van der Waals surface area contributed by atoms with E-state index in [1.807, 2.05) is 18.2 Å². The monoisotopic (exact) mass is 607 g/mol. The summed E-state index contributed by atoms with van der Waals surface area (Å²) in [6.07, 6.45) is 0. The summed E-state index contributed by atoms with van der Waals surface area (Å²) < 4.78 is 0. The van der Waals surface area contributed by atoms with Gasteiger partial charge in [-0.05, 0) is 112 Å². The van der Waals surface area contributed by atoms with Crippen LogP contribution in [0.2, 0.25) is 0 Å². The first kappa shape index (κ1) is 27.8. The molecule has 0 bridgehead atoms. The minimum Gasteiger partial charge on any atom is -0.192 e. The Labute approximate surface area is 279 Å². The van der Waals surface area contributed by atoms with Crippen LogP contribution in [0.3, 0.4) is 0 Å². The highest BCUT2D eigenvalue weighted by Crippen LogP contribution is 2.44. The van der Waals surface area contributed by atoms with Crippen LogP contribution in [0.5, 0.6) is 0 Å². The quantitative estimate of drug-likeness (QED) is 0.183. The van der Waals surface area contributed by atoms with Crippen molar-refractivity contribution in [3.63, 3.8) is 0 Å². The van der Waals surface area contributed by atoms with E-state index in [1.165, 1.54) is 76.5 Å². The van der Waals surface area contributed by atoms with E-state index < -0.39 is 0 Å². The summed E-state index contributed by atoms with van der Waals surface area (Å²) in [5.74, 6) is 0. The molecule has 48 heavy (non-hydrogen) atoms. The van der Waals surface area contributed by atoms with E-state index in [0.29, 0.717) is 5.56 Å². The topological polar surface area (TPSA) is 23.8 Å². The number of rotatable bonds is 4. The number of fused-ring (bicyclic) bond motifs is 4. The molecule has 0 saturated heterocycles. The second-order valence-electron chi connectivity index (χ2n) is 12.4. The zero-order chi connectivity index (χ0) is 32.0. The molecule has 1 nitrogen and oxygen atoms in total. The normalized spacial score (nSPS) is 11.3. The smallest absolute Gasteiger partial charge is 0.0991 e. The average molecular weight is 608 g/mol. The van der Waals surface area contributed by atoms with Crippen LogP contribution in [0.4, 0.5) is 0 Å². The van der Waals surface area contributed by atoms with Gasteiger partial charge in [-0.3, -0.25) is 0 Å². The van der Waals surface area contributed by atoms with Gasteiger partial charge in [-0.25, -0.2) is 0 Å². The van der Waals surface area contributed by atoms with E-state index >= 15 is 0 Å². The lowest BCUT2D eigenvalue weighted by molar-refractivity contribution is 1.48. The van der Waals surface area contributed by atoms with Crippen molar-refractivity contribution in [2.75, 3.05) is 0 Å². The molecular formula is C47H29N. The highest BCUT2D eigenvalue weighted by molar-refractivity contribution is 6.21. The number of nitriles is 1. The van der Waals surface area contributed by atoms with Gasteiger partial charge in [0.15, 0.2) is 0 Å². The maximum Gasteiger partial charge on any atom is 0.0991 e. The van der Waals surface area contributed by atoms with Gasteiger partial charge in [0.05, 0.1) is 11.6 Å². The molecule has 9 aromatic rings. The Morgan fingerprint density at radius 3 is 1.46 bits per heavy atom. The van der Waals surface area contributed by atoms with Gasteiger partial charge in [0.25, 0.3) is 0 Å². The van der Waals surface area contributed by atoms with Crippen LogP contribution >= 0.6 is 0 Å². The molecule has 0 aromatic heterocycles. The molecule has 0 spiro atoms. The molecule has 0 atom stereocenters. The average Bonchev–Trinajstić information content (AvgIpc) is 3.16. The van der Waals surface area contributed by atoms with Gasteiger partial charge in [-0.2, -0.15) is 5.26 Å². The van der Waals surface area contributed by atoms with Crippen molar-refractivity contribution in [1.82, 2.24) is 0 Å². The Morgan fingerprint density at radius 1 is 0.312 bits per heavy atom. The molecule has 0 aliphatic carbocycles.